The van der Waals surface area contributed by atoms with Crippen molar-refractivity contribution in [3.63, 3.8) is 0 Å². The number of nitriles is 1. The molecule has 0 bridgehead atoms. The SMILES string of the molecule is C.C.CC(C)C1CCC(N2CCC3(CC2)C(=O)N(CC#N)Cc2ccccc23)CC1.CC(C)C1CCC(N2CCC3(CC2)C(=O)N(CCN)Cc2ccccc23)CC1.CC(C)C1CCC(N2CCC3(CC2)C(=O)NCc2ccccc23)CC1.CI. The number of nitrogens with two attached hydrogens (primary N) is 1. The summed E-state index contributed by atoms with van der Waals surface area (Å²) in [5.74, 6) is 5.91. The van der Waals surface area contributed by atoms with Crippen molar-refractivity contribution < 1.29 is 14.4 Å². The monoisotopic (exact) mass is 1280 g/mol. The van der Waals surface area contributed by atoms with Gasteiger partial charge in [-0.15, -0.1) is 0 Å². The summed E-state index contributed by atoms with van der Waals surface area (Å²) in [7, 11) is 0. The van der Waals surface area contributed by atoms with Gasteiger partial charge in [-0.3, -0.25) is 14.4 Å². The summed E-state index contributed by atoms with van der Waals surface area (Å²) in [6.45, 7) is 23.8. The number of fused-ring (bicyclic) bond motifs is 6. The summed E-state index contributed by atoms with van der Waals surface area (Å²) in [5, 5.41) is 12.3. The van der Waals surface area contributed by atoms with Crippen molar-refractivity contribution in [2.45, 2.75) is 226 Å². The number of alkyl halides is 1. The number of halogens is 1. The van der Waals surface area contributed by atoms with Gasteiger partial charge in [0.25, 0.3) is 0 Å². The molecule has 0 atom stereocenters. The van der Waals surface area contributed by atoms with Crippen LogP contribution in [0.5, 0.6) is 0 Å². The fourth-order valence-corrected chi connectivity index (χ4v) is 17.5. The second-order valence-corrected chi connectivity index (χ2v) is 27.8. The van der Waals surface area contributed by atoms with Gasteiger partial charge < -0.3 is 35.6 Å². The topological polar surface area (TPSA) is 129 Å². The number of amides is 3. The zero-order chi connectivity index (χ0) is 58.9. The first-order valence-corrected chi connectivity index (χ1v) is 35.1. The second-order valence-electron chi connectivity index (χ2n) is 27.8. The average Bonchev–Trinajstić information content (AvgIpc) is 3.69. The van der Waals surface area contributed by atoms with Crippen LogP contribution in [0.2, 0.25) is 0 Å². The Morgan fingerprint density at radius 3 is 1.18 bits per heavy atom. The van der Waals surface area contributed by atoms with Gasteiger partial charge >= 0.3 is 0 Å². The van der Waals surface area contributed by atoms with Gasteiger partial charge in [-0.05, 0) is 229 Å². The standard InChI is InChI=1S/C24H37N3O.C24H33N3O.C22H32N2O.CH3I.2CH4/c2*1-18(2)19-7-9-21(10-8-19)26-14-11-24(12-15-26)22-6-4-3-5-20(22)17-27(16-13-25)23(24)28;1-16(2)17-7-9-19(10-8-17)24-13-11-22(12-14-24)20-6-4-3-5-18(20)15-23-21(22)25;1-2;;/h3-6,18-19,21H,7-17,25H2,1-2H3;3-6,18-19,21H,7-12,14-17H2,1-2H3;3-6,16-17,19H,7-15H2,1-2H3,(H,23,25);1H3;2*1H4. The Bertz CT molecular complexity index is 2640. The maximum absolute atomic E-state index is 13.5. The molecule has 3 saturated carbocycles. The maximum atomic E-state index is 13.5. The minimum Gasteiger partial charge on any atom is -0.351 e. The molecule has 6 aliphatic heterocycles. The molecule has 0 unspecified atom stereocenters. The lowest BCUT2D eigenvalue weighted by Crippen LogP contribution is -2.57. The number of nitrogens with zero attached hydrogens (tertiary/aromatic N) is 6. The molecular weight excluding hydrogens is 1160 g/mol. The van der Waals surface area contributed by atoms with Crippen molar-refractivity contribution in [3.8, 4) is 6.07 Å². The summed E-state index contributed by atoms with van der Waals surface area (Å²) in [5.41, 5.74) is 12.4. The van der Waals surface area contributed by atoms with Crippen molar-refractivity contribution in [3.05, 3.63) is 106 Å². The van der Waals surface area contributed by atoms with Gasteiger partial charge in [0.1, 0.15) is 6.54 Å². The number of hydrogen-bond acceptors (Lipinski definition) is 8. The minimum atomic E-state index is -0.419. The highest BCUT2D eigenvalue weighted by molar-refractivity contribution is 14.1. The van der Waals surface area contributed by atoms with Crippen LogP contribution in [0.15, 0.2) is 72.8 Å². The Labute approximate surface area is 529 Å². The third-order valence-electron chi connectivity index (χ3n) is 22.8. The summed E-state index contributed by atoms with van der Waals surface area (Å²) in [6, 6.07) is 29.9. The number of hydrogen-bond donors (Lipinski definition) is 2. The number of carbonyl (C=O) groups is 3. The van der Waals surface area contributed by atoms with Gasteiger partial charge in [-0.2, -0.15) is 5.26 Å². The van der Waals surface area contributed by atoms with Crippen molar-refractivity contribution in [2.24, 2.45) is 41.2 Å². The number of rotatable bonds is 9. The first-order chi connectivity index (χ1) is 40.2. The molecule has 3 spiro atoms. The largest absolute Gasteiger partial charge is 0.351 e. The van der Waals surface area contributed by atoms with Crippen LogP contribution in [0.25, 0.3) is 0 Å². The lowest BCUT2D eigenvalue weighted by atomic mass is 9.67. The molecule has 0 radical (unpaired) electrons. The van der Waals surface area contributed by atoms with Crippen LogP contribution in [0.3, 0.4) is 0 Å². The molecule has 12 heteroatoms. The average molecular weight is 1280 g/mol. The number of piperidine rings is 3. The fourth-order valence-electron chi connectivity index (χ4n) is 17.5. The van der Waals surface area contributed by atoms with E-state index in [2.05, 4.69) is 163 Å². The van der Waals surface area contributed by atoms with Crippen LogP contribution in [0.4, 0.5) is 0 Å². The molecule has 3 N–H and O–H groups in total. The van der Waals surface area contributed by atoms with E-state index in [1.807, 2.05) is 9.83 Å². The highest BCUT2D eigenvalue weighted by Gasteiger charge is 2.52. The molecule has 6 fully saturated rings. The molecule has 12 rings (SSSR count). The zero-order valence-electron chi connectivity index (χ0n) is 52.2. The Kier molecular flexibility index (Phi) is 25.1. The van der Waals surface area contributed by atoms with E-state index in [1.54, 1.807) is 4.90 Å². The van der Waals surface area contributed by atoms with Crippen LogP contribution in [0.1, 0.15) is 205 Å². The van der Waals surface area contributed by atoms with Crippen LogP contribution in [-0.2, 0) is 50.3 Å². The molecule has 3 saturated heterocycles. The summed E-state index contributed by atoms with van der Waals surface area (Å²) in [4.78, 5) is 53.5. The van der Waals surface area contributed by atoms with Crippen LogP contribution in [-0.4, -0.2) is 124 Å². The molecule has 470 valence electrons. The molecule has 85 heavy (non-hydrogen) atoms. The van der Waals surface area contributed by atoms with Gasteiger partial charge in [-0.1, -0.05) is 152 Å². The fraction of sp³-hybridized carbons (Fsp3) is 0.699. The van der Waals surface area contributed by atoms with Gasteiger partial charge in [0.15, 0.2) is 0 Å². The lowest BCUT2D eigenvalue weighted by molar-refractivity contribution is -0.142. The predicted octanol–water partition coefficient (Wildman–Crippen LogP) is 13.8. The van der Waals surface area contributed by atoms with E-state index in [4.69, 9.17) is 5.73 Å². The third kappa shape index (κ3) is 14.7. The highest BCUT2D eigenvalue weighted by Crippen LogP contribution is 2.47. The Hall–Kier alpha value is -3.87. The molecule has 3 aromatic carbocycles. The van der Waals surface area contributed by atoms with E-state index < -0.39 is 5.41 Å². The van der Waals surface area contributed by atoms with Crippen LogP contribution in [0, 0.1) is 46.8 Å². The van der Waals surface area contributed by atoms with E-state index in [0.29, 0.717) is 38.1 Å². The van der Waals surface area contributed by atoms with Crippen LogP contribution >= 0.6 is 22.6 Å². The molecular formula is C73H113IN8O3. The Morgan fingerprint density at radius 2 is 0.824 bits per heavy atom. The van der Waals surface area contributed by atoms with E-state index in [-0.39, 0.29) is 44.0 Å². The quantitative estimate of drug-likeness (QED) is 0.123. The van der Waals surface area contributed by atoms with E-state index in [1.165, 1.54) is 110 Å². The number of likely N-dealkylation sites (tertiary alicyclic amines) is 3. The minimum absolute atomic E-state index is 0. The molecule has 3 amide bonds. The third-order valence-corrected chi connectivity index (χ3v) is 22.8. The zero-order valence-corrected chi connectivity index (χ0v) is 54.4. The molecule has 0 aromatic heterocycles. The molecule has 6 heterocycles. The van der Waals surface area contributed by atoms with Crippen LogP contribution < -0.4 is 11.1 Å². The lowest BCUT2D eigenvalue weighted by Gasteiger charge is -2.49. The maximum Gasteiger partial charge on any atom is 0.234 e. The van der Waals surface area contributed by atoms with Crippen molar-refractivity contribution >= 4 is 40.3 Å². The summed E-state index contributed by atoms with van der Waals surface area (Å²) in [6.07, 6.45) is 21.8. The molecule has 3 aliphatic carbocycles. The van der Waals surface area contributed by atoms with Crippen molar-refractivity contribution in [2.75, 3.05) is 63.8 Å². The molecule has 3 aromatic rings. The van der Waals surface area contributed by atoms with Gasteiger partial charge in [0, 0.05) is 50.8 Å². The Balaban J connectivity index is 0.000000178. The molecule has 11 nitrogen and oxygen atoms in total. The van der Waals surface area contributed by atoms with E-state index in [0.717, 1.165) is 132 Å². The van der Waals surface area contributed by atoms with Crippen molar-refractivity contribution in [1.29, 1.82) is 5.26 Å². The Morgan fingerprint density at radius 1 is 0.506 bits per heavy atom. The highest BCUT2D eigenvalue weighted by atomic mass is 127. The first kappa shape index (κ1) is 68.6. The van der Waals surface area contributed by atoms with Crippen molar-refractivity contribution in [1.82, 2.24) is 29.8 Å². The smallest absolute Gasteiger partial charge is 0.234 e. The predicted molar refractivity (Wildman–Crippen MR) is 359 cm³/mol. The normalized spacial score (nSPS) is 27.1. The first-order valence-electron chi connectivity index (χ1n) is 33.0. The molecule has 9 aliphatic rings. The van der Waals surface area contributed by atoms with Gasteiger partial charge in [-0.25, -0.2) is 0 Å². The number of benzene rings is 3. The van der Waals surface area contributed by atoms with E-state index >= 15 is 0 Å². The summed E-state index contributed by atoms with van der Waals surface area (Å²) < 4.78 is 0. The second kappa shape index (κ2) is 31.0. The summed E-state index contributed by atoms with van der Waals surface area (Å²) >= 11 is 2.15. The number of nitrogens with one attached hydrogen (secondary N) is 1. The van der Waals surface area contributed by atoms with E-state index in [9.17, 15) is 19.6 Å². The van der Waals surface area contributed by atoms with Gasteiger partial charge in [0.2, 0.25) is 17.7 Å². The number of carbonyl (C=O) groups excluding carboxylic acids is 3. The van der Waals surface area contributed by atoms with Gasteiger partial charge in [0.05, 0.1) is 22.3 Å².